The lowest BCUT2D eigenvalue weighted by Crippen LogP contribution is -2.35. The standard InChI is InChI=1S/C11H14N2O2/c1-3-6-12-11(14)8-13-9(2)10-5-4-7-15-10/h1,4-5,7,9,13H,6,8H2,2H3,(H,12,14)/t9-/m1/s1. The third-order valence-electron chi connectivity index (χ3n) is 1.93. The Morgan fingerprint density at radius 2 is 2.53 bits per heavy atom. The average Bonchev–Trinajstić information content (AvgIpc) is 2.76. The molecule has 0 aliphatic heterocycles. The maximum absolute atomic E-state index is 11.2. The minimum atomic E-state index is -0.119. The van der Waals surface area contributed by atoms with Gasteiger partial charge in [0.2, 0.25) is 5.91 Å². The lowest BCUT2D eigenvalue weighted by Gasteiger charge is -2.10. The molecule has 0 saturated carbocycles. The van der Waals surface area contributed by atoms with Gasteiger partial charge in [0.15, 0.2) is 0 Å². The van der Waals surface area contributed by atoms with Gasteiger partial charge in [0.1, 0.15) is 5.76 Å². The summed E-state index contributed by atoms with van der Waals surface area (Å²) < 4.78 is 5.18. The van der Waals surface area contributed by atoms with Gasteiger partial charge in [-0.25, -0.2) is 0 Å². The zero-order chi connectivity index (χ0) is 11.1. The molecule has 0 aromatic carbocycles. The summed E-state index contributed by atoms with van der Waals surface area (Å²) in [4.78, 5) is 11.2. The summed E-state index contributed by atoms with van der Waals surface area (Å²) in [7, 11) is 0. The Bertz CT molecular complexity index is 338. The number of furan rings is 1. The van der Waals surface area contributed by atoms with E-state index in [4.69, 9.17) is 10.8 Å². The van der Waals surface area contributed by atoms with Crippen molar-refractivity contribution in [3.8, 4) is 12.3 Å². The highest BCUT2D eigenvalue weighted by Gasteiger charge is 2.08. The SMILES string of the molecule is C#CCNC(=O)CN[C@H](C)c1ccco1. The van der Waals surface area contributed by atoms with Crippen LogP contribution in [0.15, 0.2) is 22.8 Å². The molecule has 15 heavy (non-hydrogen) atoms. The zero-order valence-electron chi connectivity index (χ0n) is 8.62. The Balaban J connectivity index is 2.26. The van der Waals surface area contributed by atoms with Crippen LogP contribution >= 0.6 is 0 Å². The summed E-state index contributed by atoms with van der Waals surface area (Å²) in [5.74, 6) is 3.02. The Kier molecular flexibility index (Phi) is 4.45. The zero-order valence-corrected chi connectivity index (χ0v) is 8.62. The van der Waals surface area contributed by atoms with Gasteiger partial charge in [0, 0.05) is 0 Å². The monoisotopic (exact) mass is 206 g/mol. The van der Waals surface area contributed by atoms with E-state index in [0.29, 0.717) is 0 Å². The van der Waals surface area contributed by atoms with Crippen LogP contribution in [-0.2, 0) is 4.79 Å². The van der Waals surface area contributed by atoms with Crippen LogP contribution in [0.4, 0.5) is 0 Å². The highest BCUT2D eigenvalue weighted by Crippen LogP contribution is 2.11. The maximum atomic E-state index is 11.2. The van der Waals surface area contributed by atoms with Crippen molar-refractivity contribution in [2.24, 2.45) is 0 Å². The van der Waals surface area contributed by atoms with E-state index in [1.165, 1.54) is 0 Å². The van der Waals surface area contributed by atoms with Gasteiger partial charge in [0.05, 0.1) is 25.4 Å². The predicted octanol–water partition coefficient (Wildman–Crippen LogP) is 0.680. The van der Waals surface area contributed by atoms with Gasteiger partial charge in [-0.15, -0.1) is 6.42 Å². The van der Waals surface area contributed by atoms with Crippen molar-refractivity contribution >= 4 is 5.91 Å². The second kappa shape index (κ2) is 5.89. The normalized spacial score (nSPS) is 11.7. The third-order valence-corrected chi connectivity index (χ3v) is 1.93. The Labute approximate surface area is 89.0 Å². The van der Waals surface area contributed by atoms with Crippen molar-refractivity contribution in [3.63, 3.8) is 0 Å². The molecule has 0 radical (unpaired) electrons. The minimum absolute atomic E-state index is 0.0107. The first kappa shape index (κ1) is 11.3. The number of terminal acetylenes is 1. The number of amides is 1. The van der Waals surface area contributed by atoms with Crippen LogP contribution in [0.2, 0.25) is 0 Å². The van der Waals surface area contributed by atoms with Gasteiger partial charge in [-0.05, 0) is 19.1 Å². The number of rotatable bonds is 5. The van der Waals surface area contributed by atoms with Gasteiger partial charge in [-0.1, -0.05) is 5.92 Å². The van der Waals surface area contributed by atoms with Crippen LogP contribution in [0.3, 0.4) is 0 Å². The van der Waals surface area contributed by atoms with Crippen molar-refractivity contribution in [2.75, 3.05) is 13.1 Å². The van der Waals surface area contributed by atoms with E-state index in [1.54, 1.807) is 6.26 Å². The van der Waals surface area contributed by atoms with Crippen molar-refractivity contribution in [1.82, 2.24) is 10.6 Å². The maximum Gasteiger partial charge on any atom is 0.234 e. The first-order valence-corrected chi connectivity index (χ1v) is 4.71. The van der Waals surface area contributed by atoms with Crippen LogP contribution in [0.1, 0.15) is 18.7 Å². The lowest BCUT2D eigenvalue weighted by atomic mass is 10.2. The molecule has 0 spiro atoms. The molecule has 1 amide bonds. The molecule has 4 heteroatoms. The summed E-state index contributed by atoms with van der Waals surface area (Å²) in [5, 5.41) is 5.58. The predicted molar refractivity (Wildman–Crippen MR) is 57.0 cm³/mol. The molecule has 1 atom stereocenters. The fourth-order valence-corrected chi connectivity index (χ4v) is 1.10. The van der Waals surface area contributed by atoms with E-state index in [0.717, 1.165) is 5.76 Å². The molecule has 0 unspecified atom stereocenters. The molecule has 4 nitrogen and oxygen atoms in total. The molecular formula is C11H14N2O2. The van der Waals surface area contributed by atoms with Crippen molar-refractivity contribution in [2.45, 2.75) is 13.0 Å². The third kappa shape index (κ3) is 3.88. The van der Waals surface area contributed by atoms with Crippen LogP contribution in [0.5, 0.6) is 0 Å². The molecule has 2 N–H and O–H groups in total. The summed E-state index contributed by atoms with van der Waals surface area (Å²) >= 11 is 0. The quantitative estimate of drug-likeness (QED) is 0.696. The molecule has 1 aromatic rings. The lowest BCUT2D eigenvalue weighted by molar-refractivity contribution is -0.120. The summed E-state index contributed by atoms with van der Waals surface area (Å²) in [6.45, 7) is 2.41. The van der Waals surface area contributed by atoms with Crippen molar-refractivity contribution in [1.29, 1.82) is 0 Å². The number of hydrogen-bond acceptors (Lipinski definition) is 3. The molecule has 1 heterocycles. The molecule has 0 aliphatic carbocycles. The highest BCUT2D eigenvalue weighted by molar-refractivity contribution is 5.78. The topological polar surface area (TPSA) is 54.3 Å². The van der Waals surface area contributed by atoms with E-state index in [1.807, 2.05) is 19.1 Å². The van der Waals surface area contributed by atoms with Gasteiger partial charge in [0.25, 0.3) is 0 Å². The summed E-state index contributed by atoms with van der Waals surface area (Å²) in [6, 6.07) is 3.68. The minimum Gasteiger partial charge on any atom is -0.468 e. The van der Waals surface area contributed by atoms with Crippen LogP contribution in [0.25, 0.3) is 0 Å². The number of nitrogens with one attached hydrogen (secondary N) is 2. The Hall–Kier alpha value is -1.73. The van der Waals surface area contributed by atoms with Crippen molar-refractivity contribution < 1.29 is 9.21 Å². The van der Waals surface area contributed by atoms with Gasteiger partial charge >= 0.3 is 0 Å². The van der Waals surface area contributed by atoms with Crippen LogP contribution < -0.4 is 10.6 Å². The molecule has 0 aliphatic rings. The highest BCUT2D eigenvalue weighted by atomic mass is 16.3. The molecular weight excluding hydrogens is 192 g/mol. The number of carbonyl (C=O) groups is 1. The number of hydrogen-bond donors (Lipinski definition) is 2. The molecule has 1 aromatic heterocycles. The Morgan fingerprint density at radius 3 is 3.13 bits per heavy atom. The Morgan fingerprint density at radius 1 is 1.73 bits per heavy atom. The van der Waals surface area contributed by atoms with Gasteiger partial charge < -0.3 is 9.73 Å². The van der Waals surface area contributed by atoms with Crippen LogP contribution in [-0.4, -0.2) is 19.0 Å². The molecule has 0 bridgehead atoms. The number of carbonyl (C=O) groups excluding carboxylic acids is 1. The largest absolute Gasteiger partial charge is 0.468 e. The van der Waals surface area contributed by atoms with E-state index in [9.17, 15) is 4.79 Å². The van der Waals surface area contributed by atoms with Gasteiger partial charge in [-0.2, -0.15) is 0 Å². The summed E-state index contributed by atoms with van der Waals surface area (Å²) in [6.07, 6.45) is 6.61. The van der Waals surface area contributed by atoms with E-state index in [-0.39, 0.29) is 25.0 Å². The molecule has 0 fully saturated rings. The fraction of sp³-hybridized carbons (Fsp3) is 0.364. The average molecular weight is 206 g/mol. The molecule has 1 rings (SSSR count). The first-order valence-electron chi connectivity index (χ1n) is 4.71. The van der Waals surface area contributed by atoms with E-state index >= 15 is 0 Å². The van der Waals surface area contributed by atoms with Crippen LogP contribution in [0, 0.1) is 12.3 Å². The van der Waals surface area contributed by atoms with Gasteiger partial charge in [-0.3, -0.25) is 10.1 Å². The molecule has 0 saturated heterocycles. The van der Waals surface area contributed by atoms with E-state index < -0.39 is 0 Å². The van der Waals surface area contributed by atoms with E-state index in [2.05, 4.69) is 16.6 Å². The second-order valence-corrected chi connectivity index (χ2v) is 3.10. The van der Waals surface area contributed by atoms with Crippen molar-refractivity contribution in [3.05, 3.63) is 24.2 Å². The second-order valence-electron chi connectivity index (χ2n) is 3.10. The first-order chi connectivity index (χ1) is 7.24. The summed E-state index contributed by atoms with van der Waals surface area (Å²) in [5.41, 5.74) is 0. The fourth-order valence-electron chi connectivity index (χ4n) is 1.10. The molecule has 80 valence electrons. The smallest absolute Gasteiger partial charge is 0.234 e.